The number of esters is 1. The van der Waals surface area contributed by atoms with Gasteiger partial charge in [-0.2, -0.15) is 0 Å². The van der Waals surface area contributed by atoms with Gasteiger partial charge >= 0.3 is 13.6 Å². The molecule has 2 rings (SSSR count). The Morgan fingerprint density at radius 3 is 2.60 bits per heavy atom. The van der Waals surface area contributed by atoms with E-state index in [1.165, 1.54) is 23.5 Å². The number of fused-ring (bicyclic) bond motifs is 1. The van der Waals surface area contributed by atoms with E-state index in [-0.39, 0.29) is 25.4 Å². The molecular formula is C17H20FO5PS. The minimum absolute atomic E-state index is 0.0810. The van der Waals surface area contributed by atoms with E-state index in [1.807, 2.05) is 0 Å². The predicted octanol–water partition coefficient (Wildman–Crippen LogP) is 5.48. The highest BCUT2D eigenvalue weighted by Crippen LogP contribution is 2.61. The molecule has 1 atom stereocenters. The standard InChI is InChI=1S/C17H20FO5PS/c1-4-9-21-17(19)15-11-13-10-12(7-8-14(13)25-15)16(18)24(20,22-5-2)23-6-3/h4,7-8,10-11,16H,1,5-6,9H2,2-3H3/t16-/m0/s1. The van der Waals surface area contributed by atoms with Gasteiger partial charge in [-0.05, 0) is 43.0 Å². The van der Waals surface area contributed by atoms with Crippen molar-refractivity contribution in [2.24, 2.45) is 0 Å². The third-order valence-electron chi connectivity index (χ3n) is 3.24. The summed E-state index contributed by atoms with van der Waals surface area (Å²) < 4.78 is 43.3. The Hall–Kier alpha value is -1.53. The van der Waals surface area contributed by atoms with Crippen molar-refractivity contribution in [2.45, 2.75) is 19.8 Å². The van der Waals surface area contributed by atoms with Crippen molar-refractivity contribution in [3.63, 3.8) is 0 Å². The Morgan fingerprint density at radius 1 is 1.32 bits per heavy atom. The summed E-state index contributed by atoms with van der Waals surface area (Å²) in [4.78, 5) is 12.3. The van der Waals surface area contributed by atoms with Crippen molar-refractivity contribution in [2.75, 3.05) is 19.8 Å². The van der Waals surface area contributed by atoms with Crippen molar-refractivity contribution < 1.29 is 27.5 Å². The van der Waals surface area contributed by atoms with Gasteiger partial charge in [0.25, 0.3) is 0 Å². The zero-order valence-corrected chi connectivity index (χ0v) is 15.8. The largest absolute Gasteiger partial charge is 0.457 e. The van der Waals surface area contributed by atoms with Crippen LogP contribution in [-0.4, -0.2) is 25.8 Å². The summed E-state index contributed by atoms with van der Waals surface area (Å²) in [5.41, 5.74) is 0.182. The number of ether oxygens (including phenoxy) is 1. The van der Waals surface area contributed by atoms with Crippen LogP contribution < -0.4 is 0 Å². The molecule has 0 fully saturated rings. The second-order valence-electron chi connectivity index (χ2n) is 5.01. The van der Waals surface area contributed by atoms with Crippen LogP contribution in [0.15, 0.2) is 36.9 Å². The Bertz CT molecular complexity index is 793. The molecule has 1 heterocycles. The minimum Gasteiger partial charge on any atom is -0.457 e. The maximum atomic E-state index is 14.8. The van der Waals surface area contributed by atoms with Crippen LogP contribution in [0.2, 0.25) is 0 Å². The maximum absolute atomic E-state index is 14.8. The van der Waals surface area contributed by atoms with Gasteiger partial charge in [0.15, 0.2) is 0 Å². The molecule has 0 amide bonds. The quantitative estimate of drug-likeness (QED) is 0.324. The number of rotatable bonds is 9. The highest BCUT2D eigenvalue weighted by atomic mass is 32.1. The molecule has 5 nitrogen and oxygen atoms in total. The lowest BCUT2D eigenvalue weighted by Crippen LogP contribution is -2.02. The Morgan fingerprint density at radius 2 is 2.00 bits per heavy atom. The van der Waals surface area contributed by atoms with Crippen molar-refractivity contribution in [3.8, 4) is 0 Å². The van der Waals surface area contributed by atoms with Crippen LogP contribution >= 0.6 is 18.9 Å². The van der Waals surface area contributed by atoms with Crippen LogP contribution in [0.3, 0.4) is 0 Å². The van der Waals surface area contributed by atoms with Gasteiger partial charge in [-0.15, -0.1) is 11.3 Å². The molecule has 0 N–H and O–H groups in total. The zero-order chi connectivity index (χ0) is 18.4. The fourth-order valence-corrected chi connectivity index (χ4v) is 4.75. The van der Waals surface area contributed by atoms with E-state index >= 15 is 0 Å². The van der Waals surface area contributed by atoms with Crippen molar-refractivity contribution in [1.29, 1.82) is 0 Å². The summed E-state index contributed by atoms with van der Waals surface area (Å²) in [7, 11) is -3.90. The van der Waals surface area contributed by atoms with Gasteiger partial charge in [0, 0.05) is 4.70 Å². The van der Waals surface area contributed by atoms with E-state index in [9.17, 15) is 13.8 Å². The van der Waals surface area contributed by atoms with Crippen molar-refractivity contribution in [1.82, 2.24) is 0 Å². The normalized spacial score (nSPS) is 12.9. The number of hydrogen-bond donors (Lipinski definition) is 0. The van der Waals surface area contributed by atoms with Crippen LogP contribution in [0.25, 0.3) is 10.1 Å². The summed E-state index contributed by atoms with van der Waals surface area (Å²) >= 11 is 1.24. The summed E-state index contributed by atoms with van der Waals surface area (Å²) in [6.45, 7) is 7.02. The number of hydrogen-bond acceptors (Lipinski definition) is 6. The third-order valence-corrected chi connectivity index (χ3v) is 6.43. The van der Waals surface area contributed by atoms with Gasteiger partial charge in [-0.1, -0.05) is 18.7 Å². The van der Waals surface area contributed by atoms with Gasteiger partial charge < -0.3 is 13.8 Å². The van der Waals surface area contributed by atoms with Crippen LogP contribution in [0, 0.1) is 0 Å². The average molecular weight is 386 g/mol. The van der Waals surface area contributed by atoms with Crippen molar-refractivity contribution >= 4 is 35.0 Å². The summed E-state index contributed by atoms with van der Waals surface area (Å²) in [5.74, 6) is -2.36. The highest BCUT2D eigenvalue weighted by Gasteiger charge is 2.37. The van der Waals surface area contributed by atoms with Gasteiger partial charge in [-0.3, -0.25) is 4.57 Å². The summed E-state index contributed by atoms with van der Waals surface area (Å²) in [6.07, 6.45) is 1.48. The first-order valence-electron chi connectivity index (χ1n) is 7.79. The maximum Gasteiger partial charge on any atom is 0.369 e. The van der Waals surface area contributed by atoms with E-state index < -0.39 is 19.5 Å². The first kappa shape index (κ1) is 19.8. The lowest BCUT2D eigenvalue weighted by molar-refractivity contribution is 0.0555. The molecule has 2 aromatic rings. The monoisotopic (exact) mass is 386 g/mol. The Kier molecular flexibility index (Phi) is 6.90. The van der Waals surface area contributed by atoms with E-state index in [1.54, 1.807) is 32.0 Å². The molecule has 0 aliphatic rings. The fourth-order valence-electron chi connectivity index (χ4n) is 2.23. The van der Waals surface area contributed by atoms with E-state index in [0.29, 0.717) is 10.3 Å². The van der Waals surface area contributed by atoms with E-state index in [2.05, 4.69) is 6.58 Å². The Balaban J connectivity index is 2.32. The zero-order valence-electron chi connectivity index (χ0n) is 14.1. The number of thiophene rings is 1. The molecule has 0 spiro atoms. The van der Waals surface area contributed by atoms with Gasteiger partial charge in [0.2, 0.25) is 5.91 Å². The molecule has 1 aromatic heterocycles. The molecule has 8 heteroatoms. The SMILES string of the molecule is C=CCOC(=O)c1cc2cc([C@@H](F)P(=O)(OCC)OCC)ccc2s1. The molecule has 0 aliphatic carbocycles. The fraction of sp³-hybridized carbons (Fsp3) is 0.353. The van der Waals surface area contributed by atoms with Gasteiger partial charge in [-0.25, -0.2) is 9.18 Å². The van der Waals surface area contributed by atoms with Crippen LogP contribution in [0.5, 0.6) is 0 Å². The molecule has 0 unspecified atom stereocenters. The number of benzene rings is 1. The smallest absolute Gasteiger partial charge is 0.369 e. The second kappa shape index (κ2) is 8.72. The lowest BCUT2D eigenvalue weighted by Gasteiger charge is -2.20. The predicted molar refractivity (Wildman–Crippen MR) is 97.0 cm³/mol. The number of carbonyl (C=O) groups is 1. The minimum atomic E-state index is -3.90. The molecule has 25 heavy (non-hydrogen) atoms. The van der Waals surface area contributed by atoms with Crippen LogP contribution in [-0.2, 0) is 18.3 Å². The number of halogens is 1. The average Bonchev–Trinajstić information content (AvgIpc) is 3.02. The van der Waals surface area contributed by atoms with E-state index in [0.717, 1.165) is 4.70 Å². The van der Waals surface area contributed by atoms with Crippen LogP contribution in [0.4, 0.5) is 4.39 Å². The molecule has 0 bridgehead atoms. The first-order chi connectivity index (χ1) is 11.9. The molecule has 0 saturated carbocycles. The topological polar surface area (TPSA) is 61.8 Å². The molecule has 1 aromatic carbocycles. The molecular weight excluding hydrogens is 366 g/mol. The lowest BCUT2D eigenvalue weighted by atomic mass is 10.2. The van der Waals surface area contributed by atoms with Crippen molar-refractivity contribution in [3.05, 3.63) is 47.4 Å². The molecule has 0 aliphatic heterocycles. The summed E-state index contributed by atoms with van der Waals surface area (Å²) in [5, 5.41) is 0.662. The molecule has 0 radical (unpaired) electrons. The second-order valence-corrected chi connectivity index (χ2v) is 8.14. The van der Waals surface area contributed by atoms with Crippen LogP contribution in [0.1, 0.15) is 35.0 Å². The highest BCUT2D eigenvalue weighted by molar-refractivity contribution is 7.54. The molecule has 136 valence electrons. The number of carbonyl (C=O) groups excluding carboxylic acids is 1. The number of alkyl halides is 1. The Labute approximate surface area is 149 Å². The first-order valence-corrected chi connectivity index (χ1v) is 10.2. The van der Waals surface area contributed by atoms with Gasteiger partial charge in [0.05, 0.1) is 13.2 Å². The third kappa shape index (κ3) is 4.55. The van der Waals surface area contributed by atoms with E-state index in [4.69, 9.17) is 13.8 Å². The summed E-state index contributed by atoms with van der Waals surface area (Å²) in [6, 6.07) is 6.36. The molecule has 0 saturated heterocycles. The van der Waals surface area contributed by atoms with Gasteiger partial charge in [0.1, 0.15) is 11.5 Å².